The van der Waals surface area contributed by atoms with Gasteiger partial charge in [-0.25, -0.2) is 0 Å². The number of para-hydroxylation sites is 1. The van der Waals surface area contributed by atoms with E-state index in [4.69, 9.17) is 21.1 Å². The van der Waals surface area contributed by atoms with Crippen LogP contribution in [0.3, 0.4) is 0 Å². The summed E-state index contributed by atoms with van der Waals surface area (Å²) in [7, 11) is 3.02. The number of nitrogens with zero attached hydrogens (tertiary/aromatic N) is 1. The van der Waals surface area contributed by atoms with Crippen molar-refractivity contribution in [1.29, 1.82) is 0 Å². The molecule has 7 heteroatoms. The number of aliphatic hydroxyl groups excluding tert-OH is 1. The highest BCUT2D eigenvalue weighted by molar-refractivity contribution is 6.46. The van der Waals surface area contributed by atoms with E-state index in [1.165, 1.54) is 25.2 Å². The molecule has 1 aliphatic heterocycles. The number of amides is 1. The van der Waals surface area contributed by atoms with Crippen LogP contribution in [0.2, 0.25) is 5.02 Å². The molecular formula is C24H26ClNO5. The summed E-state index contributed by atoms with van der Waals surface area (Å²) >= 11 is 6.22. The number of hydrogen-bond donors (Lipinski definition) is 1. The highest BCUT2D eigenvalue weighted by atomic mass is 35.5. The lowest BCUT2D eigenvalue weighted by Crippen LogP contribution is -2.30. The van der Waals surface area contributed by atoms with Crippen LogP contribution in [0.25, 0.3) is 5.76 Å². The van der Waals surface area contributed by atoms with Gasteiger partial charge in [0.15, 0.2) is 0 Å². The van der Waals surface area contributed by atoms with Crippen molar-refractivity contribution in [1.82, 2.24) is 4.90 Å². The number of Topliss-reactive ketones (excluding diaryl/α,β-unsaturated/α-hetero) is 1. The fraction of sp³-hybridized carbons (Fsp3) is 0.333. The number of rotatable bonds is 8. The molecule has 1 unspecified atom stereocenters. The van der Waals surface area contributed by atoms with Gasteiger partial charge in [-0.15, -0.1) is 0 Å². The van der Waals surface area contributed by atoms with Crippen LogP contribution in [0.1, 0.15) is 43.4 Å². The minimum Gasteiger partial charge on any atom is -0.507 e. The summed E-state index contributed by atoms with van der Waals surface area (Å²) in [5.41, 5.74) is 0.992. The standard InChI is InChI=1S/C24H26ClNO5/c1-4-5-8-13-26-21(16-9-6-7-10-18(16)30-2)20(23(28)24(26)29)22(27)15-11-12-19(31-3)17(25)14-15/h6-7,9-12,14,21,27H,4-5,8,13H2,1-3H3/b22-20+. The molecule has 3 rings (SSSR count). The second kappa shape index (κ2) is 9.88. The Bertz CT molecular complexity index is 1020. The van der Waals surface area contributed by atoms with Crippen LogP contribution in [0.5, 0.6) is 11.5 Å². The quantitative estimate of drug-likeness (QED) is 0.270. The molecule has 2 aromatic rings. The molecule has 1 amide bonds. The number of methoxy groups -OCH3 is 2. The molecule has 164 valence electrons. The summed E-state index contributed by atoms with van der Waals surface area (Å²) in [6.45, 7) is 2.47. The molecule has 31 heavy (non-hydrogen) atoms. The van der Waals surface area contributed by atoms with Crippen molar-refractivity contribution >= 4 is 29.1 Å². The van der Waals surface area contributed by atoms with Gasteiger partial charge in [-0.1, -0.05) is 49.6 Å². The molecular weight excluding hydrogens is 418 g/mol. The van der Waals surface area contributed by atoms with Gasteiger partial charge in [0, 0.05) is 17.7 Å². The van der Waals surface area contributed by atoms with Gasteiger partial charge in [0.25, 0.3) is 11.7 Å². The number of carbonyl (C=O) groups is 2. The maximum absolute atomic E-state index is 13.0. The molecule has 0 aromatic heterocycles. The number of carbonyl (C=O) groups excluding carboxylic acids is 2. The number of likely N-dealkylation sites (tertiary alicyclic amines) is 1. The zero-order valence-corrected chi connectivity index (χ0v) is 18.6. The van der Waals surface area contributed by atoms with Crippen molar-refractivity contribution in [3.63, 3.8) is 0 Å². The number of ether oxygens (including phenoxy) is 2. The molecule has 1 fully saturated rings. The van der Waals surface area contributed by atoms with Crippen LogP contribution in [0.15, 0.2) is 48.0 Å². The zero-order chi connectivity index (χ0) is 22.5. The van der Waals surface area contributed by atoms with E-state index in [1.54, 1.807) is 24.3 Å². The van der Waals surface area contributed by atoms with Crippen LogP contribution in [-0.2, 0) is 9.59 Å². The maximum Gasteiger partial charge on any atom is 0.295 e. The lowest BCUT2D eigenvalue weighted by Gasteiger charge is -2.26. The number of benzene rings is 2. The van der Waals surface area contributed by atoms with Crippen molar-refractivity contribution in [3.8, 4) is 11.5 Å². The molecule has 1 atom stereocenters. The number of hydrogen-bond acceptors (Lipinski definition) is 5. The van der Waals surface area contributed by atoms with Crippen LogP contribution in [-0.4, -0.2) is 42.5 Å². The van der Waals surface area contributed by atoms with E-state index in [2.05, 4.69) is 6.92 Å². The molecule has 1 heterocycles. The summed E-state index contributed by atoms with van der Waals surface area (Å²) in [6.07, 6.45) is 2.66. The van der Waals surface area contributed by atoms with Crippen LogP contribution < -0.4 is 9.47 Å². The Hall–Kier alpha value is -2.99. The fourth-order valence-electron chi connectivity index (χ4n) is 3.83. The molecule has 6 nitrogen and oxygen atoms in total. The summed E-state index contributed by atoms with van der Waals surface area (Å²) < 4.78 is 10.7. The van der Waals surface area contributed by atoms with Gasteiger partial charge in [0.2, 0.25) is 0 Å². The lowest BCUT2D eigenvalue weighted by atomic mass is 9.94. The summed E-state index contributed by atoms with van der Waals surface area (Å²) in [4.78, 5) is 27.5. The highest BCUT2D eigenvalue weighted by Crippen LogP contribution is 2.43. The Morgan fingerprint density at radius 3 is 2.42 bits per heavy atom. The van der Waals surface area contributed by atoms with E-state index in [0.717, 1.165) is 19.3 Å². The third-order valence-electron chi connectivity index (χ3n) is 5.40. The summed E-state index contributed by atoms with van der Waals surface area (Å²) in [5.74, 6) is -0.658. The molecule has 0 radical (unpaired) electrons. The minimum absolute atomic E-state index is 0.0206. The third kappa shape index (κ3) is 4.39. The first-order valence-electron chi connectivity index (χ1n) is 10.2. The molecule has 0 saturated carbocycles. The largest absolute Gasteiger partial charge is 0.507 e. The van der Waals surface area contributed by atoms with E-state index in [-0.39, 0.29) is 16.4 Å². The van der Waals surface area contributed by atoms with Crippen molar-refractivity contribution in [2.75, 3.05) is 20.8 Å². The maximum atomic E-state index is 13.0. The number of ketones is 1. The van der Waals surface area contributed by atoms with E-state index in [9.17, 15) is 14.7 Å². The monoisotopic (exact) mass is 443 g/mol. The predicted octanol–water partition coefficient (Wildman–Crippen LogP) is 4.97. The topological polar surface area (TPSA) is 76.1 Å². The molecule has 1 N–H and O–H groups in total. The smallest absolute Gasteiger partial charge is 0.295 e. The van der Waals surface area contributed by atoms with E-state index < -0.39 is 17.7 Å². The average Bonchev–Trinajstić information content (AvgIpc) is 3.03. The summed E-state index contributed by atoms with van der Waals surface area (Å²) in [5, 5.41) is 11.4. The molecule has 0 spiro atoms. The van der Waals surface area contributed by atoms with E-state index >= 15 is 0 Å². The Labute approximate surface area is 187 Å². The Balaban J connectivity index is 2.17. The first-order chi connectivity index (χ1) is 14.9. The predicted molar refractivity (Wildman–Crippen MR) is 120 cm³/mol. The van der Waals surface area contributed by atoms with Crippen molar-refractivity contribution in [2.45, 2.75) is 32.2 Å². The zero-order valence-electron chi connectivity index (χ0n) is 17.9. The highest BCUT2D eigenvalue weighted by Gasteiger charge is 2.46. The first-order valence-corrected chi connectivity index (χ1v) is 10.6. The molecule has 0 bridgehead atoms. The molecule has 0 aliphatic carbocycles. The van der Waals surface area contributed by atoms with Gasteiger partial charge in [0.1, 0.15) is 17.3 Å². The second-order valence-corrected chi connectivity index (χ2v) is 7.70. The fourth-order valence-corrected chi connectivity index (χ4v) is 4.09. The first kappa shape index (κ1) is 22.7. The van der Waals surface area contributed by atoms with E-state index in [0.29, 0.717) is 29.2 Å². The van der Waals surface area contributed by atoms with Crippen LogP contribution in [0, 0.1) is 0 Å². The number of halogens is 1. The van der Waals surface area contributed by atoms with Crippen molar-refractivity contribution < 1.29 is 24.2 Å². The molecule has 2 aromatic carbocycles. The van der Waals surface area contributed by atoms with Crippen LogP contribution >= 0.6 is 11.6 Å². The van der Waals surface area contributed by atoms with Crippen molar-refractivity contribution in [2.24, 2.45) is 0 Å². The molecule has 1 saturated heterocycles. The SMILES string of the molecule is CCCCCN1C(=O)C(=O)/C(=C(/O)c2ccc(OC)c(Cl)c2)C1c1ccccc1OC. The van der Waals surface area contributed by atoms with Crippen molar-refractivity contribution in [3.05, 3.63) is 64.2 Å². The van der Waals surface area contributed by atoms with Gasteiger partial charge in [-0.3, -0.25) is 9.59 Å². The molecule has 1 aliphatic rings. The van der Waals surface area contributed by atoms with Crippen LogP contribution in [0.4, 0.5) is 0 Å². The Morgan fingerprint density at radius 1 is 1.06 bits per heavy atom. The third-order valence-corrected chi connectivity index (χ3v) is 5.70. The van der Waals surface area contributed by atoms with Gasteiger partial charge in [-0.2, -0.15) is 0 Å². The second-order valence-electron chi connectivity index (χ2n) is 7.29. The Morgan fingerprint density at radius 2 is 1.77 bits per heavy atom. The Kier molecular flexibility index (Phi) is 7.23. The normalized spacial score (nSPS) is 17.8. The van der Waals surface area contributed by atoms with Gasteiger partial charge in [-0.05, 0) is 30.7 Å². The lowest BCUT2D eigenvalue weighted by molar-refractivity contribution is -0.139. The number of aliphatic hydroxyl groups is 1. The van der Waals surface area contributed by atoms with Gasteiger partial charge in [0.05, 0.1) is 30.9 Å². The van der Waals surface area contributed by atoms with E-state index in [1.807, 2.05) is 12.1 Å². The minimum atomic E-state index is -0.756. The number of unbranched alkanes of at least 4 members (excludes halogenated alkanes) is 2. The van der Waals surface area contributed by atoms with Gasteiger partial charge >= 0.3 is 0 Å². The van der Waals surface area contributed by atoms with Gasteiger partial charge < -0.3 is 19.5 Å². The summed E-state index contributed by atoms with van der Waals surface area (Å²) in [6, 6.07) is 11.2. The average molecular weight is 444 g/mol.